The molecular formula is C10H10FNO. The fourth-order valence-electron chi connectivity index (χ4n) is 1.61. The first-order chi connectivity index (χ1) is 6.18. The lowest BCUT2D eigenvalue weighted by atomic mass is 9.95. The van der Waals surface area contributed by atoms with E-state index in [1.54, 1.807) is 6.92 Å². The van der Waals surface area contributed by atoms with Crippen molar-refractivity contribution in [2.75, 3.05) is 0 Å². The molecule has 0 fully saturated rings. The van der Waals surface area contributed by atoms with Crippen molar-refractivity contribution in [1.82, 2.24) is 4.98 Å². The maximum atomic E-state index is 13.1. The quantitative estimate of drug-likeness (QED) is 0.610. The van der Waals surface area contributed by atoms with E-state index in [1.807, 2.05) is 0 Å². The van der Waals surface area contributed by atoms with E-state index in [0.29, 0.717) is 17.8 Å². The minimum atomic E-state index is -0.312. The number of aromatic nitrogens is 1. The van der Waals surface area contributed by atoms with Gasteiger partial charge in [-0.2, -0.15) is 0 Å². The first-order valence-electron chi connectivity index (χ1n) is 4.37. The van der Waals surface area contributed by atoms with Crippen LogP contribution in [0.5, 0.6) is 0 Å². The van der Waals surface area contributed by atoms with Crippen LogP contribution < -0.4 is 0 Å². The summed E-state index contributed by atoms with van der Waals surface area (Å²) in [5, 5.41) is 0. The molecule has 2 nitrogen and oxygen atoms in total. The van der Waals surface area contributed by atoms with Gasteiger partial charge in [0.2, 0.25) is 0 Å². The van der Waals surface area contributed by atoms with Crippen molar-refractivity contribution < 1.29 is 9.18 Å². The second-order valence-electron chi connectivity index (χ2n) is 3.34. The lowest BCUT2D eigenvalue weighted by molar-refractivity contribution is 0.0967. The molecule has 3 heteroatoms. The average Bonchev–Trinajstić information content (AvgIpc) is 2.09. The number of fused-ring (bicyclic) bond motifs is 1. The van der Waals surface area contributed by atoms with E-state index in [9.17, 15) is 9.18 Å². The van der Waals surface area contributed by atoms with Gasteiger partial charge in [0, 0.05) is 6.42 Å². The first kappa shape index (κ1) is 8.35. The maximum absolute atomic E-state index is 13.1. The molecule has 1 heterocycles. The summed E-state index contributed by atoms with van der Waals surface area (Å²) in [6, 6.07) is 1.44. The largest absolute Gasteiger partial charge is 0.292 e. The van der Waals surface area contributed by atoms with E-state index in [0.717, 1.165) is 18.4 Å². The maximum Gasteiger partial charge on any atom is 0.181 e. The molecular weight excluding hydrogens is 169 g/mol. The molecule has 1 aliphatic carbocycles. The standard InChI is InChI=1S/C10H10FNO/c1-6-8(11)5-7-3-2-4-9(13)10(7)12-6/h5H,2-4H2,1H3. The smallest absolute Gasteiger partial charge is 0.181 e. The Bertz CT molecular complexity index is 373. The summed E-state index contributed by atoms with van der Waals surface area (Å²) < 4.78 is 13.1. The fourth-order valence-corrected chi connectivity index (χ4v) is 1.61. The van der Waals surface area contributed by atoms with Gasteiger partial charge < -0.3 is 0 Å². The Morgan fingerprint density at radius 3 is 3.00 bits per heavy atom. The van der Waals surface area contributed by atoms with Crippen LogP contribution in [0.2, 0.25) is 0 Å². The lowest BCUT2D eigenvalue weighted by Gasteiger charge is -2.13. The van der Waals surface area contributed by atoms with E-state index in [2.05, 4.69) is 4.98 Å². The Kier molecular flexibility index (Phi) is 1.87. The Balaban J connectivity index is 2.58. The summed E-state index contributed by atoms with van der Waals surface area (Å²) >= 11 is 0. The second kappa shape index (κ2) is 2.91. The zero-order valence-corrected chi connectivity index (χ0v) is 7.43. The molecule has 0 N–H and O–H groups in total. The predicted octanol–water partition coefficient (Wildman–Crippen LogP) is 2.05. The van der Waals surface area contributed by atoms with Crippen molar-refractivity contribution in [2.24, 2.45) is 0 Å². The number of ketones is 1. The molecule has 0 atom stereocenters. The first-order valence-corrected chi connectivity index (χ1v) is 4.37. The molecule has 0 saturated heterocycles. The molecule has 13 heavy (non-hydrogen) atoms. The van der Waals surface area contributed by atoms with Crippen molar-refractivity contribution in [3.8, 4) is 0 Å². The van der Waals surface area contributed by atoms with Crippen LogP contribution in [-0.2, 0) is 6.42 Å². The van der Waals surface area contributed by atoms with E-state index in [-0.39, 0.29) is 11.6 Å². The highest BCUT2D eigenvalue weighted by Gasteiger charge is 2.19. The molecule has 2 rings (SSSR count). The molecule has 0 radical (unpaired) electrons. The number of halogens is 1. The lowest BCUT2D eigenvalue weighted by Crippen LogP contribution is -2.14. The van der Waals surface area contributed by atoms with Crippen LogP contribution in [0.15, 0.2) is 6.07 Å². The van der Waals surface area contributed by atoms with Gasteiger partial charge in [0.1, 0.15) is 11.5 Å². The molecule has 0 saturated carbocycles. The second-order valence-corrected chi connectivity index (χ2v) is 3.34. The van der Waals surface area contributed by atoms with Gasteiger partial charge in [-0.25, -0.2) is 9.37 Å². The van der Waals surface area contributed by atoms with Gasteiger partial charge in [-0.3, -0.25) is 4.79 Å². The number of Topliss-reactive ketones (excluding diaryl/α,β-unsaturated/α-hetero) is 1. The van der Waals surface area contributed by atoms with Crippen LogP contribution in [0.25, 0.3) is 0 Å². The van der Waals surface area contributed by atoms with Crippen LogP contribution in [0.3, 0.4) is 0 Å². The number of hydrogen-bond acceptors (Lipinski definition) is 2. The van der Waals surface area contributed by atoms with Gasteiger partial charge in [0.15, 0.2) is 5.78 Å². The highest BCUT2D eigenvalue weighted by molar-refractivity contribution is 5.96. The number of aryl methyl sites for hydroxylation is 2. The molecule has 0 bridgehead atoms. The van der Waals surface area contributed by atoms with Gasteiger partial charge in [-0.1, -0.05) is 0 Å². The Hall–Kier alpha value is -1.25. The minimum absolute atomic E-state index is 0.0457. The molecule has 0 aliphatic heterocycles. The number of hydrogen-bond donors (Lipinski definition) is 0. The summed E-state index contributed by atoms with van der Waals surface area (Å²) in [4.78, 5) is 15.3. The highest BCUT2D eigenvalue weighted by atomic mass is 19.1. The van der Waals surface area contributed by atoms with Crippen LogP contribution in [-0.4, -0.2) is 10.8 Å². The SMILES string of the molecule is Cc1nc2c(cc1F)CCCC2=O. The van der Waals surface area contributed by atoms with E-state index < -0.39 is 0 Å². The van der Waals surface area contributed by atoms with Crippen LogP contribution >= 0.6 is 0 Å². The zero-order valence-electron chi connectivity index (χ0n) is 7.43. The van der Waals surface area contributed by atoms with Crippen molar-refractivity contribution in [3.05, 3.63) is 28.8 Å². The minimum Gasteiger partial charge on any atom is -0.292 e. The van der Waals surface area contributed by atoms with Crippen molar-refractivity contribution in [1.29, 1.82) is 0 Å². The Morgan fingerprint density at radius 1 is 1.46 bits per heavy atom. The molecule has 68 valence electrons. The fraction of sp³-hybridized carbons (Fsp3) is 0.400. The van der Waals surface area contributed by atoms with Gasteiger partial charge in [0.25, 0.3) is 0 Å². The zero-order chi connectivity index (χ0) is 9.42. The average molecular weight is 179 g/mol. The third kappa shape index (κ3) is 1.34. The highest BCUT2D eigenvalue weighted by Crippen LogP contribution is 2.21. The van der Waals surface area contributed by atoms with E-state index in [4.69, 9.17) is 0 Å². The predicted molar refractivity (Wildman–Crippen MR) is 46.2 cm³/mol. The Morgan fingerprint density at radius 2 is 2.23 bits per heavy atom. The number of carbonyl (C=O) groups excluding carboxylic acids is 1. The summed E-state index contributed by atoms with van der Waals surface area (Å²) in [5.41, 5.74) is 1.55. The molecule has 0 aromatic carbocycles. The molecule has 1 aromatic rings. The van der Waals surface area contributed by atoms with E-state index >= 15 is 0 Å². The van der Waals surface area contributed by atoms with Gasteiger partial charge in [0.05, 0.1) is 5.69 Å². The van der Waals surface area contributed by atoms with Crippen LogP contribution in [0.1, 0.15) is 34.6 Å². The van der Waals surface area contributed by atoms with Crippen LogP contribution in [0, 0.1) is 12.7 Å². The summed E-state index contributed by atoms with van der Waals surface area (Å²) in [5.74, 6) is -0.266. The van der Waals surface area contributed by atoms with E-state index in [1.165, 1.54) is 6.07 Å². The van der Waals surface area contributed by atoms with Crippen molar-refractivity contribution in [2.45, 2.75) is 26.2 Å². The van der Waals surface area contributed by atoms with Gasteiger partial charge in [-0.05, 0) is 31.4 Å². The third-order valence-electron chi connectivity index (χ3n) is 2.34. The topological polar surface area (TPSA) is 30.0 Å². The summed E-state index contributed by atoms with van der Waals surface area (Å²) in [6.45, 7) is 1.58. The van der Waals surface area contributed by atoms with Gasteiger partial charge >= 0.3 is 0 Å². The normalized spacial score (nSPS) is 15.7. The number of rotatable bonds is 0. The monoisotopic (exact) mass is 179 g/mol. The third-order valence-corrected chi connectivity index (χ3v) is 2.34. The molecule has 0 amide bonds. The van der Waals surface area contributed by atoms with Gasteiger partial charge in [-0.15, -0.1) is 0 Å². The Labute approximate surface area is 75.8 Å². The van der Waals surface area contributed by atoms with Crippen LogP contribution in [0.4, 0.5) is 4.39 Å². The molecule has 0 spiro atoms. The number of carbonyl (C=O) groups is 1. The van der Waals surface area contributed by atoms with Crippen molar-refractivity contribution in [3.63, 3.8) is 0 Å². The number of pyridine rings is 1. The molecule has 1 aliphatic rings. The molecule has 0 unspecified atom stereocenters. The molecule has 1 aromatic heterocycles. The summed E-state index contributed by atoms with van der Waals surface area (Å²) in [6.07, 6.45) is 2.13. The summed E-state index contributed by atoms with van der Waals surface area (Å²) in [7, 11) is 0. The number of nitrogens with zero attached hydrogens (tertiary/aromatic N) is 1. The van der Waals surface area contributed by atoms with Crippen molar-refractivity contribution >= 4 is 5.78 Å².